The number of thioether (sulfide) groups is 1. The van der Waals surface area contributed by atoms with Crippen LogP contribution in [0.2, 0.25) is 5.02 Å². The number of nitrogens with two attached hydrogens (primary N) is 1. The number of aryl methyl sites for hydroxylation is 1. The molecule has 20 heavy (non-hydrogen) atoms. The molecule has 0 saturated heterocycles. The van der Waals surface area contributed by atoms with Crippen molar-refractivity contribution in [1.82, 2.24) is 5.43 Å². The average molecular weight is 307 g/mol. The van der Waals surface area contributed by atoms with E-state index >= 15 is 0 Å². The number of halogens is 1. The molecule has 1 atom stereocenters. The lowest BCUT2D eigenvalue weighted by molar-refractivity contribution is 0.574. The molecule has 0 amide bonds. The van der Waals surface area contributed by atoms with Crippen LogP contribution in [0.15, 0.2) is 53.4 Å². The average Bonchev–Trinajstić information content (AvgIpc) is 2.47. The molecule has 106 valence electrons. The second-order valence-electron chi connectivity index (χ2n) is 4.74. The fraction of sp³-hybridized carbons (Fsp3) is 0.250. The Morgan fingerprint density at radius 1 is 1.15 bits per heavy atom. The second-order valence-corrected chi connectivity index (χ2v) is 6.20. The molecule has 0 aromatic heterocycles. The fourth-order valence-corrected chi connectivity index (χ4v) is 3.30. The van der Waals surface area contributed by atoms with Crippen molar-refractivity contribution in [2.24, 2.45) is 5.84 Å². The molecule has 3 N–H and O–H groups in total. The minimum Gasteiger partial charge on any atom is -0.271 e. The first-order valence-electron chi connectivity index (χ1n) is 6.58. The molecule has 2 rings (SSSR count). The molecule has 0 saturated carbocycles. The van der Waals surface area contributed by atoms with Gasteiger partial charge in [-0.05, 0) is 36.6 Å². The Kier molecular flexibility index (Phi) is 5.92. The topological polar surface area (TPSA) is 38.0 Å². The van der Waals surface area contributed by atoms with Crippen LogP contribution in [0, 0.1) is 6.92 Å². The third-order valence-corrected chi connectivity index (χ3v) is 4.92. The van der Waals surface area contributed by atoms with E-state index in [0.29, 0.717) is 0 Å². The first-order chi connectivity index (χ1) is 9.70. The number of rotatable bonds is 6. The summed E-state index contributed by atoms with van der Waals surface area (Å²) in [6.07, 6.45) is 0.917. The molecule has 2 aromatic carbocycles. The van der Waals surface area contributed by atoms with E-state index in [4.69, 9.17) is 17.4 Å². The molecule has 2 nitrogen and oxygen atoms in total. The van der Waals surface area contributed by atoms with E-state index in [-0.39, 0.29) is 6.04 Å². The van der Waals surface area contributed by atoms with E-state index in [9.17, 15) is 0 Å². The van der Waals surface area contributed by atoms with Crippen LogP contribution in [0.4, 0.5) is 0 Å². The van der Waals surface area contributed by atoms with Gasteiger partial charge in [0.15, 0.2) is 0 Å². The maximum absolute atomic E-state index is 6.16. The Bertz CT molecular complexity index is 560. The van der Waals surface area contributed by atoms with Crippen molar-refractivity contribution in [3.05, 3.63) is 64.7 Å². The second kappa shape index (κ2) is 7.70. The molecule has 0 fully saturated rings. The molecular weight excluding hydrogens is 288 g/mol. The molecule has 0 spiro atoms. The molecular formula is C16H19ClN2S. The van der Waals surface area contributed by atoms with Crippen LogP contribution in [-0.2, 0) is 6.42 Å². The predicted octanol–water partition coefficient (Wildman–Crippen LogP) is 3.82. The molecule has 0 radical (unpaired) electrons. The van der Waals surface area contributed by atoms with Gasteiger partial charge in [-0.2, -0.15) is 0 Å². The molecule has 0 aliphatic carbocycles. The van der Waals surface area contributed by atoms with Gasteiger partial charge in [0.1, 0.15) is 0 Å². The van der Waals surface area contributed by atoms with Gasteiger partial charge in [-0.25, -0.2) is 0 Å². The van der Waals surface area contributed by atoms with Gasteiger partial charge in [-0.15, -0.1) is 11.8 Å². The van der Waals surface area contributed by atoms with Crippen molar-refractivity contribution < 1.29 is 0 Å². The number of hydrogen-bond donors (Lipinski definition) is 2. The van der Waals surface area contributed by atoms with Crippen molar-refractivity contribution in [2.45, 2.75) is 24.3 Å². The minimum atomic E-state index is 0.220. The van der Waals surface area contributed by atoms with Crippen molar-refractivity contribution in [3.63, 3.8) is 0 Å². The van der Waals surface area contributed by atoms with Crippen LogP contribution in [0.1, 0.15) is 11.1 Å². The van der Waals surface area contributed by atoms with E-state index in [1.807, 2.05) is 24.3 Å². The molecule has 2 aromatic rings. The molecule has 0 aliphatic rings. The third kappa shape index (κ3) is 4.25. The molecule has 0 heterocycles. The van der Waals surface area contributed by atoms with Gasteiger partial charge in [-0.1, -0.05) is 48.0 Å². The summed E-state index contributed by atoms with van der Waals surface area (Å²) in [5.74, 6) is 6.56. The lowest BCUT2D eigenvalue weighted by Gasteiger charge is -2.17. The first-order valence-corrected chi connectivity index (χ1v) is 7.95. The SMILES string of the molecule is Cc1ccccc1CC(CSc1ccccc1Cl)NN. The minimum absolute atomic E-state index is 0.220. The summed E-state index contributed by atoms with van der Waals surface area (Å²) in [6.45, 7) is 2.13. The highest BCUT2D eigenvalue weighted by Crippen LogP contribution is 2.27. The quantitative estimate of drug-likeness (QED) is 0.484. The van der Waals surface area contributed by atoms with Gasteiger partial charge in [-0.3, -0.25) is 11.3 Å². The predicted molar refractivity (Wildman–Crippen MR) is 88.2 cm³/mol. The monoisotopic (exact) mass is 306 g/mol. The highest BCUT2D eigenvalue weighted by Gasteiger charge is 2.11. The molecule has 1 unspecified atom stereocenters. The summed E-state index contributed by atoms with van der Waals surface area (Å²) in [4.78, 5) is 1.10. The van der Waals surface area contributed by atoms with Crippen molar-refractivity contribution in [3.8, 4) is 0 Å². The van der Waals surface area contributed by atoms with Gasteiger partial charge in [0.2, 0.25) is 0 Å². The molecule has 0 aliphatic heterocycles. The summed E-state index contributed by atoms with van der Waals surface area (Å²) in [6, 6.07) is 16.5. The zero-order chi connectivity index (χ0) is 14.4. The van der Waals surface area contributed by atoms with E-state index in [2.05, 4.69) is 36.6 Å². The summed E-state index contributed by atoms with van der Waals surface area (Å²) in [5, 5.41) is 0.796. The van der Waals surface area contributed by atoms with Gasteiger partial charge in [0, 0.05) is 16.7 Å². The maximum atomic E-state index is 6.16. The smallest absolute Gasteiger partial charge is 0.0541 e. The fourth-order valence-electron chi connectivity index (χ4n) is 2.02. The third-order valence-electron chi connectivity index (χ3n) is 3.24. The van der Waals surface area contributed by atoms with Gasteiger partial charge in [0.05, 0.1) is 5.02 Å². The summed E-state index contributed by atoms with van der Waals surface area (Å²) in [5.41, 5.74) is 5.53. The highest BCUT2D eigenvalue weighted by atomic mass is 35.5. The highest BCUT2D eigenvalue weighted by molar-refractivity contribution is 7.99. The Balaban J connectivity index is 1.96. The van der Waals surface area contributed by atoms with E-state index in [1.54, 1.807) is 11.8 Å². The van der Waals surface area contributed by atoms with Crippen LogP contribution in [0.3, 0.4) is 0 Å². The van der Waals surface area contributed by atoms with Crippen LogP contribution < -0.4 is 11.3 Å². The zero-order valence-electron chi connectivity index (χ0n) is 11.5. The lowest BCUT2D eigenvalue weighted by Crippen LogP contribution is -2.38. The summed E-state index contributed by atoms with van der Waals surface area (Å²) >= 11 is 7.89. The van der Waals surface area contributed by atoms with Crippen molar-refractivity contribution in [1.29, 1.82) is 0 Å². The first kappa shape index (κ1) is 15.4. The van der Waals surface area contributed by atoms with Gasteiger partial charge < -0.3 is 0 Å². The Labute approximate surface area is 129 Å². The lowest BCUT2D eigenvalue weighted by atomic mass is 10.0. The van der Waals surface area contributed by atoms with Crippen LogP contribution in [-0.4, -0.2) is 11.8 Å². The number of hydrazine groups is 1. The number of nitrogens with one attached hydrogen (secondary N) is 1. The van der Waals surface area contributed by atoms with Crippen LogP contribution >= 0.6 is 23.4 Å². The zero-order valence-corrected chi connectivity index (χ0v) is 13.0. The standard InChI is InChI=1S/C16H19ClN2S/c1-12-6-2-3-7-13(12)10-14(19-18)11-20-16-9-5-4-8-15(16)17/h2-9,14,19H,10-11,18H2,1H3. The number of benzene rings is 2. The molecule has 0 bridgehead atoms. The van der Waals surface area contributed by atoms with Gasteiger partial charge >= 0.3 is 0 Å². The van der Waals surface area contributed by atoms with Crippen LogP contribution in [0.25, 0.3) is 0 Å². The summed E-state index contributed by atoms with van der Waals surface area (Å²) in [7, 11) is 0. The maximum Gasteiger partial charge on any atom is 0.0541 e. The normalized spacial score (nSPS) is 12.3. The van der Waals surface area contributed by atoms with E-state index < -0.39 is 0 Å². The molecule has 4 heteroatoms. The van der Waals surface area contributed by atoms with Crippen molar-refractivity contribution >= 4 is 23.4 Å². The Morgan fingerprint density at radius 3 is 2.55 bits per heavy atom. The summed E-state index contributed by atoms with van der Waals surface area (Å²) < 4.78 is 0. The van der Waals surface area contributed by atoms with Gasteiger partial charge in [0.25, 0.3) is 0 Å². The van der Waals surface area contributed by atoms with Crippen LogP contribution in [0.5, 0.6) is 0 Å². The Morgan fingerprint density at radius 2 is 1.85 bits per heavy atom. The van der Waals surface area contributed by atoms with E-state index in [0.717, 1.165) is 22.1 Å². The largest absolute Gasteiger partial charge is 0.271 e. The van der Waals surface area contributed by atoms with E-state index in [1.165, 1.54) is 11.1 Å². The Hall–Kier alpha value is -1.00. The van der Waals surface area contributed by atoms with Crippen molar-refractivity contribution in [2.75, 3.05) is 5.75 Å². The number of hydrogen-bond acceptors (Lipinski definition) is 3.